The average Bonchev–Trinajstić information content (AvgIpc) is 2.04. The van der Waals surface area contributed by atoms with E-state index in [1.807, 2.05) is 0 Å². The Balaban J connectivity index is 4.14. The highest BCUT2D eigenvalue weighted by Crippen LogP contribution is 2.48. The lowest BCUT2D eigenvalue weighted by molar-refractivity contribution is 0.184. The molecule has 6 heteroatoms. The lowest BCUT2D eigenvalue weighted by Gasteiger charge is -2.18. The number of alkyl halides is 1. The van der Waals surface area contributed by atoms with E-state index in [4.69, 9.17) is 9.05 Å². The summed E-state index contributed by atoms with van der Waals surface area (Å²) in [5.74, 6) is 0. The fraction of sp³-hybridized carbons (Fsp3) is 1.00. The first-order valence-corrected chi connectivity index (χ1v) is 7.05. The maximum absolute atomic E-state index is 11.8. The SMILES string of the molecule is CCOP(=O)(C[C@@H](O)CBr)OCC. The predicted octanol–water partition coefficient (Wildman–Crippen LogP) is 2.01. The van der Waals surface area contributed by atoms with Gasteiger partial charge in [-0.3, -0.25) is 4.57 Å². The Morgan fingerprint density at radius 3 is 2.15 bits per heavy atom. The highest BCUT2D eigenvalue weighted by Gasteiger charge is 2.26. The van der Waals surface area contributed by atoms with Crippen molar-refractivity contribution in [1.29, 1.82) is 0 Å². The van der Waals surface area contributed by atoms with Crippen LogP contribution in [0, 0.1) is 0 Å². The van der Waals surface area contributed by atoms with Crippen LogP contribution in [0.4, 0.5) is 0 Å². The molecule has 0 fully saturated rings. The minimum atomic E-state index is -3.07. The largest absolute Gasteiger partial charge is 0.392 e. The van der Waals surface area contributed by atoms with E-state index in [-0.39, 0.29) is 6.16 Å². The fourth-order valence-electron chi connectivity index (χ4n) is 0.843. The van der Waals surface area contributed by atoms with Crippen molar-refractivity contribution < 1.29 is 18.7 Å². The van der Waals surface area contributed by atoms with Crippen LogP contribution >= 0.6 is 23.5 Å². The van der Waals surface area contributed by atoms with Gasteiger partial charge in [0.2, 0.25) is 0 Å². The summed E-state index contributed by atoms with van der Waals surface area (Å²) in [4.78, 5) is 0. The molecule has 0 rings (SSSR count). The second-order valence-electron chi connectivity index (χ2n) is 2.44. The molecule has 80 valence electrons. The summed E-state index contributed by atoms with van der Waals surface area (Å²) < 4.78 is 21.7. The van der Waals surface area contributed by atoms with Crippen molar-refractivity contribution in [3.05, 3.63) is 0 Å². The molecule has 0 aromatic carbocycles. The van der Waals surface area contributed by atoms with Crippen molar-refractivity contribution in [2.45, 2.75) is 20.0 Å². The second-order valence-corrected chi connectivity index (χ2v) is 5.19. The van der Waals surface area contributed by atoms with Gasteiger partial charge in [0.25, 0.3) is 0 Å². The zero-order valence-corrected chi connectivity index (χ0v) is 10.4. The van der Waals surface area contributed by atoms with Crippen molar-refractivity contribution in [2.24, 2.45) is 0 Å². The standard InChI is InChI=1S/C7H16BrO4P/c1-3-11-13(10,12-4-2)6-7(9)5-8/h7,9H,3-6H2,1-2H3/t7-/m0/s1. The Kier molecular flexibility index (Phi) is 7.27. The van der Waals surface area contributed by atoms with Gasteiger partial charge in [-0.1, -0.05) is 15.9 Å². The van der Waals surface area contributed by atoms with Crippen molar-refractivity contribution in [2.75, 3.05) is 24.7 Å². The van der Waals surface area contributed by atoms with Crippen molar-refractivity contribution in [3.63, 3.8) is 0 Å². The first kappa shape index (κ1) is 13.6. The van der Waals surface area contributed by atoms with Crippen LogP contribution in [0.1, 0.15) is 13.8 Å². The maximum atomic E-state index is 11.8. The molecule has 0 aliphatic carbocycles. The summed E-state index contributed by atoms with van der Waals surface area (Å²) in [6.45, 7) is 4.14. The van der Waals surface area contributed by atoms with E-state index in [1.165, 1.54) is 0 Å². The van der Waals surface area contributed by atoms with E-state index in [0.29, 0.717) is 18.5 Å². The minimum Gasteiger partial charge on any atom is -0.392 e. The molecule has 1 N–H and O–H groups in total. The predicted molar refractivity (Wildman–Crippen MR) is 55.5 cm³/mol. The number of hydrogen-bond donors (Lipinski definition) is 1. The van der Waals surface area contributed by atoms with E-state index < -0.39 is 13.7 Å². The Morgan fingerprint density at radius 2 is 1.85 bits per heavy atom. The number of rotatable bonds is 7. The number of aliphatic hydroxyl groups is 1. The molecule has 0 radical (unpaired) electrons. The van der Waals surface area contributed by atoms with E-state index in [1.54, 1.807) is 13.8 Å². The van der Waals surface area contributed by atoms with Crippen LogP contribution < -0.4 is 0 Å². The van der Waals surface area contributed by atoms with Gasteiger partial charge in [-0.25, -0.2) is 0 Å². The minimum absolute atomic E-state index is 0.0416. The fourth-order valence-corrected chi connectivity index (χ4v) is 3.14. The van der Waals surface area contributed by atoms with E-state index >= 15 is 0 Å². The Bertz CT molecular complexity index is 166. The van der Waals surface area contributed by atoms with Gasteiger partial charge in [-0.05, 0) is 13.8 Å². The van der Waals surface area contributed by atoms with Gasteiger partial charge >= 0.3 is 7.60 Å². The van der Waals surface area contributed by atoms with Crippen molar-refractivity contribution >= 4 is 23.5 Å². The Labute approximate surface area is 87.3 Å². The van der Waals surface area contributed by atoms with Crippen LogP contribution in [0.2, 0.25) is 0 Å². The van der Waals surface area contributed by atoms with Gasteiger partial charge in [-0.2, -0.15) is 0 Å². The van der Waals surface area contributed by atoms with Crippen LogP contribution in [0.25, 0.3) is 0 Å². The Hall–Kier alpha value is 0.590. The molecule has 0 bridgehead atoms. The zero-order valence-electron chi connectivity index (χ0n) is 7.90. The highest BCUT2D eigenvalue weighted by atomic mass is 79.9. The Morgan fingerprint density at radius 1 is 1.38 bits per heavy atom. The van der Waals surface area contributed by atoms with Gasteiger partial charge in [0.15, 0.2) is 0 Å². The highest BCUT2D eigenvalue weighted by molar-refractivity contribution is 9.09. The number of halogens is 1. The molecule has 0 aromatic heterocycles. The molecule has 0 aromatic rings. The van der Waals surface area contributed by atoms with Crippen LogP contribution in [-0.4, -0.2) is 35.9 Å². The zero-order chi connectivity index (χ0) is 10.3. The molecule has 1 atom stereocenters. The summed E-state index contributed by atoms with van der Waals surface area (Å²) in [6, 6.07) is 0. The first-order chi connectivity index (χ1) is 6.08. The smallest absolute Gasteiger partial charge is 0.333 e. The third kappa shape index (κ3) is 5.81. The molecule has 0 saturated carbocycles. The lowest BCUT2D eigenvalue weighted by atomic mass is 10.5. The van der Waals surface area contributed by atoms with Gasteiger partial charge in [0.05, 0.1) is 25.5 Å². The van der Waals surface area contributed by atoms with Crippen LogP contribution in [-0.2, 0) is 13.6 Å². The topological polar surface area (TPSA) is 55.8 Å². The second kappa shape index (κ2) is 6.96. The van der Waals surface area contributed by atoms with Gasteiger partial charge in [-0.15, -0.1) is 0 Å². The molecule has 0 saturated heterocycles. The van der Waals surface area contributed by atoms with Crippen molar-refractivity contribution in [3.8, 4) is 0 Å². The molecule has 4 nitrogen and oxygen atoms in total. The lowest BCUT2D eigenvalue weighted by Crippen LogP contribution is -2.16. The van der Waals surface area contributed by atoms with E-state index in [0.717, 1.165) is 0 Å². The van der Waals surface area contributed by atoms with E-state index in [2.05, 4.69) is 15.9 Å². The molecule has 0 amide bonds. The van der Waals surface area contributed by atoms with E-state index in [9.17, 15) is 9.67 Å². The normalized spacial score (nSPS) is 14.5. The molecule has 0 aliphatic rings. The van der Waals surface area contributed by atoms with Gasteiger partial charge < -0.3 is 14.2 Å². The summed E-state index contributed by atoms with van der Waals surface area (Å²) in [5, 5.41) is 9.64. The molecule has 13 heavy (non-hydrogen) atoms. The maximum Gasteiger partial charge on any atom is 0.333 e. The first-order valence-electron chi connectivity index (χ1n) is 4.20. The summed E-state index contributed by atoms with van der Waals surface area (Å²) in [7, 11) is -3.07. The third-order valence-electron chi connectivity index (χ3n) is 1.26. The van der Waals surface area contributed by atoms with Crippen LogP contribution in [0.5, 0.6) is 0 Å². The van der Waals surface area contributed by atoms with Crippen LogP contribution in [0.15, 0.2) is 0 Å². The molecular weight excluding hydrogens is 259 g/mol. The quantitative estimate of drug-likeness (QED) is 0.570. The summed E-state index contributed by atoms with van der Waals surface area (Å²) in [6.07, 6.45) is -0.649. The molecule has 0 aliphatic heterocycles. The average molecular weight is 275 g/mol. The monoisotopic (exact) mass is 274 g/mol. The number of aliphatic hydroxyl groups excluding tert-OH is 1. The molecule has 0 spiro atoms. The molecule has 0 heterocycles. The summed E-state index contributed by atoms with van der Waals surface area (Å²) in [5.41, 5.74) is 0. The van der Waals surface area contributed by atoms with Crippen molar-refractivity contribution in [1.82, 2.24) is 0 Å². The third-order valence-corrected chi connectivity index (χ3v) is 4.18. The summed E-state index contributed by atoms with van der Waals surface area (Å²) >= 11 is 3.09. The van der Waals surface area contributed by atoms with Gasteiger partial charge in [0.1, 0.15) is 0 Å². The van der Waals surface area contributed by atoms with Crippen LogP contribution in [0.3, 0.4) is 0 Å². The van der Waals surface area contributed by atoms with Gasteiger partial charge in [0, 0.05) is 5.33 Å². The number of hydrogen-bond acceptors (Lipinski definition) is 4. The molecule has 0 unspecified atom stereocenters. The molecular formula is C7H16BrO4P.